The summed E-state index contributed by atoms with van der Waals surface area (Å²) in [6.07, 6.45) is 0. The van der Waals surface area contributed by atoms with Crippen LogP contribution in [0.15, 0.2) is 89.8 Å². The van der Waals surface area contributed by atoms with E-state index >= 15 is 0 Å². The summed E-state index contributed by atoms with van der Waals surface area (Å²) in [7, 11) is -2.95. The molecule has 202 valence electrons. The van der Waals surface area contributed by atoms with E-state index in [0.29, 0.717) is 22.1 Å². The van der Waals surface area contributed by atoms with Crippen molar-refractivity contribution in [3.05, 3.63) is 106 Å². The Kier molecular flexibility index (Phi) is 8.92. The molecular weight excluding hydrogens is 583 g/mol. The minimum absolute atomic E-state index is 0.111. The van der Waals surface area contributed by atoms with Crippen molar-refractivity contribution < 1.29 is 22.7 Å². The maximum atomic E-state index is 14.0. The zero-order chi connectivity index (χ0) is 28.2. The standard InChI is InChI=1S/C28H23Cl3N2O5S/c1-18-8-12-26(37-2)27(14-18)39(35,36)33(20-10-11-22(30)23(31)16-20)17-28(34)32-24-15-19(29)9-13-25(24)38-21-6-4-3-5-7-21/h3-16H,17H2,1-2H3,(H,32,34). The van der Waals surface area contributed by atoms with Gasteiger partial charge in [0.15, 0.2) is 5.75 Å². The summed E-state index contributed by atoms with van der Waals surface area (Å²) < 4.78 is 40.1. The molecule has 4 aromatic rings. The van der Waals surface area contributed by atoms with Gasteiger partial charge in [-0.25, -0.2) is 8.42 Å². The minimum Gasteiger partial charge on any atom is -0.495 e. The number of para-hydroxylation sites is 1. The highest BCUT2D eigenvalue weighted by molar-refractivity contribution is 7.93. The van der Waals surface area contributed by atoms with E-state index in [1.54, 1.807) is 43.3 Å². The van der Waals surface area contributed by atoms with Gasteiger partial charge in [0.1, 0.15) is 22.9 Å². The van der Waals surface area contributed by atoms with Crippen LogP contribution in [0.2, 0.25) is 15.1 Å². The lowest BCUT2D eigenvalue weighted by atomic mass is 10.2. The molecule has 11 heteroatoms. The van der Waals surface area contributed by atoms with E-state index in [1.807, 2.05) is 18.2 Å². The van der Waals surface area contributed by atoms with Crippen LogP contribution in [0, 0.1) is 6.92 Å². The first-order valence-corrected chi connectivity index (χ1v) is 14.1. The van der Waals surface area contributed by atoms with Gasteiger partial charge in [0.05, 0.1) is 28.5 Å². The predicted molar refractivity (Wildman–Crippen MR) is 155 cm³/mol. The molecule has 0 radical (unpaired) electrons. The average Bonchev–Trinajstić information content (AvgIpc) is 2.91. The van der Waals surface area contributed by atoms with Gasteiger partial charge in [-0.3, -0.25) is 9.10 Å². The van der Waals surface area contributed by atoms with Crippen molar-refractivity contribution in [2.75, 3.05) is 23.3 Å². The van der Waals surface area contributed by atoms with Crippen LogP contribution >= 0.6 is 34.8 Å². The van der Waals surface area contributed by atoms with Crippen LogP contribution in [0.1, 0.15) is 5.56 Å². The molecule has 0 fully saturated rings. The molecule has 0 unspecified atom stereocenters. The van der Waals surface area contributed by atoms with Crippen LogP contribution in [-0.2, 0) is 14.8 Å². The highest BCUT2D eigenvalue weighted by atomic mass is 35.5. The fourth-order valence-electron chi connectivity index (χ4n) is 3.68. The third kappa shape index (κ3) is 6.78. The van der Waals surface area contributed by atoms with E-state index < -0.39 is 22.5 Å². The van der Waals surface area contributed by atoms with Crippen molar-refractivity contribution >= 4 is 62.1 Å². The molecule has 0 saturated carbocycles. The number of halogens is 3. The first-order valence-electron chi connectivity index (χ1n) is 11.5. The van der Waals surface area contributed by atoms with Crippen molar-refractivity contribution in [2.45, 2.75) is 11.8 Å². The van der Waals surface area contributed by atoms with Crippen LogP contribution in [0.5, 0.6) is 17.2 Å². The largest absolute Gasteiger partial charge is 0.495 e. The number of nitrogens with one attached hydrogen (secondary N) is 1. The number of sulfonamides is 1. The number of hydrogen-bond acceptors (Lipinski definition) is 5. The Balaban J connectivity index is 1.71. The van der Waals surface area contributed by atoms with Crippen molar-refractivity contribution in [1.29, 1.82) is 0 Å². The van der Waals surface area contributed by atoms with Gasteiger partial charge >= 0.3 is 0 Å². The Hall–Kier alpha value is -3.43. The molecule has 0 bridgehead atoms. The Morgan fingerprint density at radius 3 is 2.28 bits per heavy atom. The first-order chi connectivity index (χ1) is 18.6. The lowest BCUT2D eigenvalue weighted by Crippen LogP contribution is -2.38. The van der Waals surface area contributed by atoms with Gasteiger partial charge in [-0.15, -0.1) is 0 Å². The summed E-state index contributed by atoms with van der Waals surface area (Å²) >= 11 is 18.5. The van der Waals surface area contributed by atoms with Gasteiger partial charge in [0.2, 0.25) is 5.91 Å². The predicted octanol–water partition coefficient (Wildman–Crippen LogP) is 7.59. The van der Waals surface area contributed by atoms with E-state index in [1.165, 1.54) is 37.4 Å². The maximum Gasteiger partial charge on any atom is 0.268 e. The molecule has 4 aromatic carbocycles. The second-order valence-corrected chi connectivity index (χ2v) is 11.4. The van der Waals surface area contributed by atoms with Crippen LogP contribution in [0.4, 0.5) is 11.4 Å². The first kappa shape index (κ1) is 28.6. The van der Waals surface area contributed by atoms with Crippen LogP contribution in [-0.4, -0.2) is 28.0 Å². The van der Waals surface area contributed by atoms with Crippen molar-refractivity contribution in [3.8, 4) is 17.2 Å². The maximum absolute atomic E-state index is 14.0. The van der Waals surface area contributed by atoms with Crippen LogP contribution in [0.3, 0.4) is 0 Å². The van der Waals surface area contributed by atoms with E-state index in [-0.39, 0.29) is 32.1 Å². The van der Waals surface area contributed by atoms with Crippen molar-refractivity contribution in [2.24, 2.45) is 0 Å². The van der Waals surface area contributed by atoms with Gasteiger partial charge in [-0.2, -0.15) is 0 Å². The number of methoxy groups -OCH3 is 1. The summed E-state index contributed by atoms with van der Waals surface area (Å²) in [5.74, 6) is 0.334. The summed E-state index contributed by atoms with van der Waals surface area (Å²) in [6.45, 7) is 1.15. The Bertz CT molecular complexity index is 1620. The minimum atomic E-state index is -4.31. The number of aryl methyl sites for hydroxylation is 1. The second kappa shape index (κ2) is 12.2. The van der Waals surface area contributed by atoms with Crippen LogP contribution in [0.25, 0.3) is 0 Å². The zero-order valence-electron chi connectivity index (χ0n) is 20.8. The Morgan fingerprint density at radius 1 is 0.872 bits per heavy atom. The van der Waals surface area contributed by atoms with E-state index in [0.717, 1.165) is 4.31 Å². The van der Waals surface area contributed by atoms with Gasteiger partial charge < -0.3 is 14.8 Å². The van der Waals surface area contributed by atoms with Gasteiger partial charge in [0.25, 0.3) is 10.0 Å². The lowest BCUT2D eigenvalue weighted by molar-refractivity contribution is -0.114. The number of ether oxygens (including phenoxy) is 2. The number of carbonyl (C=O) groups is 1. The molecule has 1 N–H and O–H groups in total. The molecule has 7 nitrogen and oxygen atoms in total. The highest BCUT2D eigenvalue weighted by Crippen LogP contribution is 2.35. The zero-order valence-corrected chi connectivity index (χ0v) is 23.9. The monoisotopic (exact) mass is 604 g/mol. The molecule has 0 aliphatic rings. The molecule has 4 rings (SSSR count). The molecule has 39 heavy (non-hydrogen) atoms. The van der Waals surface area contributed by atoms with E-state index in [9.17, 15) is 13.2 Å². The number of hydrogen-bond donors (Lipinski definition) is 1. The molecule has 0 aliphatic carbocycles. The normalized spacial score (nSPS) is 11.1. The molecule has 1 amide bonds. The van der Waals surface area contributed by atoms with Gasteiger partial charge in [0, 0.05) is 5.02 Å². The topological polar surface area (TPSA) is 84.9 Å². The Morgan fingerprint density at radius 2 is 1.59 bits per heavy atom. The lowest BCUT2D eigenvalue weighted by Gasteiger charge is -2.25. The number of amides is 1. The van der Waals surface area contributed by atoms with Crippen molar-refractivity contribution in [3.63, 3.8) is 0 Å². The molecule has 0 aromatic heterocycles. The number of nitrogens with zero attached hydrogens (tertiary/aromatic N) is 1. The molecule has 0 spiro atoms. The molecular formula is C28H23Cl3N2O5S. The molecule has 0 aliphatic heterocycles. The molecule has 0 heterocycles. The number of anilines is 2. The number of benzene rings is 4. The summed E-state index contributed by atoms with van der Waals surface area (Å²) in [5, 5.41) is 3.43. The fourth-order valence-corrected chi connectivity index (χ4v) is 5.80. The van der Waals surface area contributed by atoms with Gasteiger partial charge in [-0.05, 0) is 73.2 Å². The Labute approximate surface area is 241 Å². The quantitative estimate of drug-likeness (QED) is 0.212. The van der Waals surface area contributed by atoms with Crippen molar-refractivity contribution in [1.82, 2.24) is 0 Å². The van der Waals surface area contributed by atoms with E-state index in [4.69, 9.17) is 44.3 Å². The summed E-state index contributed by atoms with van der Waals surface area (Å²) in [4.78, 5) is 13.2. The van der Waals surface area contributed by atoms with E-state index in [2.05, 4.69) is 5.32 Å². The SMILES string of the molecule is COc1ccc(C)cc1S(=O)(=O)N(CC(=O)Nc1cc(Cl)ccc1Oc1ccccc1)c1ccc(Cl)c(Cl)c1. The number of rotatable bonds is 9. The summed E-state index contributed by atoms with van der Waals surface area (Å²) in [5.41, 5.74) is 1.08. The highest BCUT2D eigenvalue weighted by Gasteiger charge is 2.31. The third-order valence-electron chi connectivity index (χ3n) is 5.55. The average molecular weight is 606 g/mol. The molecule has 0 atom stereocenters. The summed E-state index contributed by atoms with van der Waals surface area (Å²) in [6, 6.07) is 22.8. The second-order valence-electron chi connectivity index (χ2n) is 8.37. The molecule has 0 saturated heterocycles. The fraction of sp³-hybridized carbons (Fsp3) is 0.107. The third-order valence-corrected chi connectivity index (χ3v) is 8.32. The number of carbonyl (C=O) groups excluding carboxylic acids is 1. The van der Waals surface area contributed by atoms with Crippen LogP contribution < -0.4 is 19.1 Å². The smallest absolute Gasteiger partial charge is 0.268 e. The van der Waals surface area contributed by atoms with Gasteiger partial charge in [-0.1, -0.05) is 59.1 Å².